The number of amides is 1. The van der Waals surface area contributed by atoms with Gasteiger partial charge in [0.25, 0.3) is 0 Å². The standard InChI is InChI=1S/C15H18N6OS/c22-12(19-13-16-1-2-23-13)14-4-10-3-11(5-14)7-15(6-10,8-14)21-18-9-17-20-21/h1-2,9-11H,3-8H2,(H,16,19,22)/t10-,11-,14?,15?/m0/s1. The van der Waals surface area contributed by atoms with Crippen molar-refractivity contribution >= 4 is 22.4 Å². The molecule has 0 aliphatic heterocycles. The van der Waals surface area contributed by atoms with Crippen molar-refractivity contribution < 1.29 is 4.79 Å². The molecule has 4 aliphatic carbocycles. The van der Waals surface area contributed by atoms with Gasteiger partial charge >= 0.3 is 0 Å². The summed E-state index contributed by atoms with van der Waals surface area (Å²) >= 11 is 1.47. The van der Waals surface area contributed by atoms with Crippen LogP contribution in [0.15, 0.2) is 17.9 Å². The smallest absolute Gasteiger partial charge is 0.232 e. The number of aromatic nitrogens is 5. The summed E-state index contributed by atoms with van der Waals surface area (Å²) in [5, 5.41) is 18.0. The van der Waals surface area contributed by atoms with Crippen molar-refractivity contribution in [2.45, 2.75) is 44.1 Å². The first-order chi connectivity index (χ1) is 11.2. The van der Waals surface area contributed by atoms with Crippen LogP contribution in [0.1, 0.15) is 38.5 Å². The second-order valence-electron chi connectivity index (χ2n) is 7.48. The average Bonchev–Trinajstić information content (AvgIpc) is 3.19. The summed E-state index contributed by atoms with van der Waals surface area (Å²) in [6, 6.07) is 0. The van der Waals surface area contributed by atoms with Gasteiger partial charge in [-0.1, -0.05) is 0 Å². The zero-order valence-electron chi connectivity index (χ0n) is 12.7. The third-order valence-corrected chi connectivity index (χ3v) is 6.63. The summed E-state index contributed by atoms with van der Waals surface area (Å²) in [5.74, 6) is 1.31. The number of carbonyl (C=O) groups excluding carboxylic acids is 1. The molecule has 2 aromatic heterocycles. The summed E-state index contributed by atoms with van der Waals surface area (Å²) in [6.45, 7) is 0. The summed E-state index contributed by atoms with van der Waals surface area (Å²) in [7, 11) is 0. The van der Waals surface area contributed by atoms with E-state index in [4.69, 9.17) is 0 Å². The van der Waals surface area contributed by atoms with E-state index in [0.29, 0.717) is 17.0 Å². The van der Waals surface area contributed by atoms with Gasteiger partial charge < -0.3 is 5.32 Å². The Morgan fingerprint density at radius 1 is 1.30 bits per heavy atom. The fourth-order valence-corrected chi connectivity index (χ4v) is 6.14. The van der Waals surface area contributed by atoms with Gasteiger partial charge in [0.1, 0.15) is 0 Å². The third kappa shape index (κ3) is 1.97. The number of nitrogens with zero attached hydrogens (tertiary/aromatic N) is 5. The van der Waals surface area contributed by atoms with Gasteiger partial charge in [-0.25, -0.2) is 4.98 Å². The molecule has 2 atom stereocenters. The number of hydrogen-bond acceptors (Lipinski definition) is 6. The average molecular weight is 330 g/mol. The molecule has 0 radical (unpaired) electrons. The van der Waals surface area contributed by atoms with Crippen LogP contribution < -0.4 is 5.32 Å². The molecule has 8 heteroatoms. The van der Waals surface area contributed by atoms with Gasteiger partial charge in [0.05, 0.1) is 11.0 Å². The Kier molecular flexibility index (Phi) is 2.72. The third-order valence-electron chi connectivity index (χ3n) is 5.94. The highest BCUT2D eigenvalue weighted by molar-refractivity contribution is 7.13. The van der Waals surface area contributed by atoms with Crippen LogP contribution in [0.5, 0.6) is 0 Å². The molecule has 2 heterocycles. The van der Waals surface area contributed by atoms with Gasteiger partial charge in [0, 0.05) is 11.6 Å². The van der Waals surface area contributed by atoms with E-state index in [0.717, 1.165) is 32.1 Å². The predicted molar refractivity (Wildman–Crippen MR) is 83.6 cm³/mol. The summed E-state index contributed by atoms with van der Waals surface area (Å²) in [6.07, 6.45) is 9.40. The van der Waals surface area contributed by atoms with E-state index in [1.807, 2.05) is 5.38 Å². The van der Waals surface area contributed by atoms with E-state index < -0.39 is 0 Å². The molecular weight excluding hydrogens is 312 g/mol. The zero-order chi connectivity index (χ0) is 15.5. The van der Waals surface area contributed by atoms with Crippen LogP contribution in [-0.2, 0) is 10.3 Å². The normalized spacial score (nSPS) is 37.9. The van der Waals surface area contributed by atoms with Crippen LogP contribution in [-0.4, -0.2) is 31.1 Å². The molecule has 4 aliphatic rings. The fourth-order valence-electron chi connectivity index (χ4n) is 5.61. The highest BCUT2D eigenvalue weighted by Gasteiger charge is 2.62. The number of hydrogen-bond donors (Lipinski definition) is 1. The van der Waals surface area contributed by atoms with Crippen molar-refractivity contribution in [2.75, 3.05) is 5.32 Å². The number of thiazole rings is 1. The van der Waals surface area contributed by atoms with Crippen LogP contribution in [0.2, 0.25) is 0 Å². The molecule has 0 unspecified atom stereocenters. The molecule has 4 saturated carbocycles. The van der Waals surface area contributed by atoms with Gasteiger partial charge in [0.15, 0.2) is 11.5 Å². The molecule has 23 heavy (non-hydrogen) atoms. The molecule has 6 rings (SSSR count). The van der Waals surface area contributed by atoms with Gasteiger partial charge in [-0.15, -0.1) is 21.5 Å². The van der Waals surface area contributed by atoms with Crippen LogP contribution in [0.3, 0.4) is 0 Å². The van der Waals surface area contributed by atoms with Crippen molar-refractivity contribution in [3.8, 4) is 0 Å². The van der Waals surface area contributed by atoms with Crippen LogP contribution in [0, 0.1) is 17.3 Å². The van der Waals surface area contributed by atoms with E-state index in [1.165, 1.54) is 24.1 Å². The van der Waals surface area contributed by atoms with E-state index in [9.17, 15) is 4.79 Å². The minimum absolute atomic E-state index is 0.124. The van der Waals surface area contributed by atoms with Crippen LogP contribution in [0.4, 0.5) is 5.13 Å². The van der Waals surface area contributed by atoms with E-state index >= 15 is 0 Å². The lowest BCUT2D eigenvalue weighted by molar-refractivity contribution is -0.152. The Labute approximate surface area is 137 Å². The minimum atomic E-state index is -0.302. The molecular formula is C15H18N6OS. The van der Waals surface area contributed by atoms with Crippen molar-refractivity contribution in [1.82, 2.24) is 25.2 Å². The van der Waals surface area contributed by atoms with Crippen molar-refractivity contribution in [2.24, 2.45) is 17.3 Å². The first-order valence-corrected chi connectivity index (χ1v) is 9.00. The summed E-state index contributed by atoms with van der Waals surface area (Å²) in [4.78, 5) is 19.1. The van der Waals surface area contributed by atoms with Crippen LogP contribution in [0.25, 0.3) is 0 Å². The first-order valence-electron chi connectivity index (χ1n) is 8.12. The fraction of sp³-hybridized carbons (Fsp3) is 0.667. The maximum Gasteiger partial charge on any atom is 0.232 e. The van der Waals surface area contributed by atoms with Crippen molar-refractivity contribution in [3.63, 3.8) is 0 Å². The topological polar surface area (TPSA) is 85.6 Å². The van der Waals surface area contributed by atoms with Gasteiger partial charge in [-0.2, -0.15) is 4.80 Å². The Bertz CT molecular complexity index is 713. The van der Waals surface area contributed by atoms with Crippen molar-refractivity contribution in [3.05, 3.63) is 17.9 Å². The van der Waals surface area contributed by atoms with E-state index in [2.05, 4.69) is 25.7 Å². The maximum atomic E-state index is 13.1. The molecule has 1 amide bonds. The molecule has 0 aromatic carbocycles. The minimum Gasteiger partial charge on any atom is -0.301 e. The molecule has 1 N–H and O–H groups in total. The van der Waals surface area contributed by atoms with Gasteiger partial charge in [0.2, 0.25) is 5.91 Å². The molecule has 7 nitrogen and oxygen atoms in total. The number of carbonyl (C=O) groups is 1. The molecule has 120 valence electrons. The molecule has 0 spiro atoms. The SMILES string of the molecule is O=C(Nc1nccs1)C12C[C@@H]3C[C@@H](C1)CC(n1ncnn1)(C3)C2. The highest BCUT2D eigenvalue weighted by Crippen LogP contribution is 2.64. The van der Waals surface area contributed by atoms with E-state index in [1.54, 1.807) is 11.0 Å². The number of rotatable bonds is 3. The lowest BCUT2D eigenvalue weighted by Gasteiger charge is -2.60. The second-order valence-corrected chi connectivity index (χ2v) is 8.38. The zero-order valence-corrected chi connectivity index (χ0v) is 13.5. The van der Waals surface area contributed by atoms with E-state index in [-0.39, 0.29) is 16.9 Å². The largest absolute Gasteiger partial charge is 0.301 e. The molecule has 4 fully saturated rings. The number of anilines is 1. The second kappa shape index (κ2) is 4.59. The molecule has 4 bridgehead atoms. The quantitative estimate of drug-likeness (QED) is 0.931. The summed E-state index contributed by atoms with van der Waals surface area (Å²) < 4.78 is 0. The number of nitrogens with one attached hydrogen (secondary N) is 1. The Morgan fingerprint density at radius 3 is 2.78 bits per heavy atom. The monoisotopic (exact) mass is 330 g/mol. The molecule has 0 saturated heterocycles. The maximum absolute atomic E-state index is 13.1. The van der Waals surface area contributed by atoms with Gasteiger partial charge in [-0.3, -0.25) is 4.79 Å². The predicted octanol–water partition coefficient (Wildman–Crippen LogP) is 2.06. The highest BCUT2D eigenvalue weighted by atomic mass is 32.1. The molecule has 2 aromatic rings. The first kappa shape index (κ1) is 13.6. The lowest BCUT2D eigenvalue weighted by atomic mass is 9.46. The van der Waals surface area contributed by atoms with Gasteiger partial charge in [-0.05, 0) is 55.6 Å². The number of tetrazole rings is 1. The Hall–Kier alpha value is -1.83. The summed E-state index contributed by atoms with van der Waals surface area (Å²) in [5.41, 5.74) is -0.426. The Balaban J connectivity index is 1.50. The lowest BCUT2D eigenvalue weighted by Crippen LogP contribution is -2.60. The van der Waals surface area contributed by atoms with Crippen molar-refractivity contribution in [1.29, 1.82) is 0 Å². The van der Waals surface area contributed by atoms with Crippen LogP contribution >= 0.6 is 11.3 Å². The Morgan fingerprint density at radius 2 is 2.13 bits per heavy atom.